The van der Waals surface area contributed by atoms with Crippen LogP contribution in [-0.2, 0) is 0 Å². The standard InChI is InChI=1S/C15H31N3O/c1-12(2)18-8-6-15(11-16,7-9-18)17-14-5-3-4-13(14)10-19/h12-14,17,19H,3-11,16H2,1-2H3. The summed E-state index contributed by atoms with van der Waals surface area (Å²) >= 11 is 0. The molecule has 2 unspecified atom stereocenters. The van der Waals surface area contributed by atoms with Crippen molar-refractivity contribution in [3.8, 4) is 0 Å². The second kappa shape index (κ2) is 6.53. The van der Waals surface area contributed by atoms with E-state index in [-0.39, 0.29) is 5.54 Å². The molecule has 0 radical (unpaired) electrons. The first-order valence-electron chi connectivity index (χ1n) is 7.93. The van der Waals surface area contributed by atoms with Crippen LogP contribution in [0.15, 0.2) is 0 Å². The van der Waals surface area contributed by atoms with Crippen molar-refractivity contribution in [1.29, 1.82) is 0 Å². The number of rotatable bonds is 5. The summed E-state index contributed by atoms with van der Waals surface area (Å²) in [6.45, 7) is 7.84. The Labute approximate surface area is 117 Å². The van der Waals surface area contributed by atoms with Gasteiger partial charge in [-0.1, -0.05) is 6.42 Å². The van der Waals surface area contributed by atoms with Crippen molar-refractivity contribution in [2.24, 2.45) is 11.7 Å². The van der Waals surface area contributed by atoms with Crippen molar-refractivity contribution in [1.82, 2.24) is 10.2 Å². The second-order valence-corrected chi connectivity index (χ2v) is 6.74. The summed E-state index contributed by atoms with van der Waals surface area (Å²) in [7, 11) is 0. The van der Waals surface area contributed by atoms with Crippen LogP contribution in [0, 0.1) is 5.92 Å². The molecule has 0 aromatic heterocycles. The van der Waals surface area contributed by atoms with E-state index in [4.69, 9.17) is 5.73 Å². The van der Waals surface area contributed by atoms with E-state index in [1.165, 1.54) is 12.8 Å². The molecule has 2 rings (SSSR count). The van der Waals surface area contributed by atoms with Gasteiger partial charge in [-0.3, -0.25) is 0 Å². The van der Waals surface area contributed by atoms with Crippen LogP contribution in [0.5, 0.6) is 0 Å². The van der Waals surface area contributed by atoms with E-state index in [0.717, 1.165) is 32.4 Å². The van der Waals surface area contributed by atoms with Crippen molar-refractivity contribution < 1.29 is 5.11 Å². The fraction of sp³-hybridized carbons (Fsp3) is 1.00. The highest BCUT2D eigenvalue weighted by Gasteiger charge is 2.38. The number of likely N-dealkylation sites (tertiary alicyclic amines) is 1. The lowest BCUT2D eigenvalue weighted by molar-refractivity contribution is 0.0947. The highest BCUT2D eigenvalue weighted by molar-refractivity contribution is 4.99. The van der Waals surface area contributed by atoms with E-state index < -0.39 is 0 Å². The third-order valence-electron chi connectivity index (χ3n) is 5.26. The van der Waals surface area contributed by atoms with E-state index in [1.807, 2.05) is 0 Å². The number of hydrogen-bond donors (Lipinski definition) is 3. The van der Waals surface area contributed by atoms with Gasteiger partial charge in [-0.15, -0.1) is 0 Å². The van der Waals surface area contributed by atoms with E-state index in [2.05, 4.69) is 24.1 Å². The van der Waals surface area contributed by atoms with Crippen molar-refractivity contribution in [2.45, 2.75) is 63.6 Å². The predicted molar refractivity (Wildman–Crippen MR) is 79.1 cm³/mol. The van der Waals surface area contributed by atoms with Crippen LogP contribution >= 0.6 is 0 Å². The van der Waals surface area contributed by atoms with Gasteiger partial charge in [0.15, 0.2) is 0 Å². The van der Waals surface area contributed by atoms with Gasteiger partial charge in [0.1, 0.15) is 0 Å². The zero-order valence-electron chi connectivity index (χ0n) is 12.6. The van der Waals surface area contributed by atoms with Crippen molar-refractivity contribution in [2.75, 3.05) is 26.2 Å². The molecule has 2 fully saturated rings. The Balaban J connectivity index is 1.92. The minimum atomic E-state index is 0.105. The van der Waals surface area contributed by atoms with Crippen LogP contribution in [-0.4, -0.2) is 53.9 Å². The Morgan fingerprint density at radius 1 is 1.32 bits per heavy atom. The number of nitrogens with zero attached hydrogens (tertiary/aromatic N) is 1. The summed E-state index contributed by atoms with van der Waals surface area (Å²) in [5, 5.41) is 13.3. The van der Waals surface area contributed by atoms with Crippen molar-refractivity contribution >= 4 is 0 Å². The van der Waals surface area contributed by atoms with Crippen molar-refractivity contribution in [3.63, 3.8) is 0 Å². The van der Waals surface area contributed by atoms with Gasteiger partial charge in [-0.25, -0.2) is 0 Å². The molecule has 1 aliphatic carbocycles. The number of hydrogen-bond acceptors (Lipinski definition) is 4. The second-order valence-electron chi connectivity index (χ2n) is 6.74. The number of aliphatic hydroxyl groups excluding tert-OH is 1. The van der Waals surface area contributed by atoms with Crippen LogP contribution in [0.3, 0.4) is 0 Å². The first kappa shape index (κ1) is 15.2. The first-order chi connectivity index (χ1) is 9.10. The van der Waals surface area contributed by atoms with E-state index >= 15 is 0 Å². The fourth-order valence-corrected chi connectivity index (χ4v) is 3.71. The quantitative estimate of drug-likeness (QED) is 0.695. The maximum atomic E-state index is 9.46. The Morgan fingerprint density at radius 3 is 2.53 bits per heavy atom. The molecule has 1 heterocycles. The number of aliphatic hydroxyl groups is 1. The highest BCUT2D eigenvalue weighted by atomic mass is 16.3. The monoisotopic (exact) mass is 269 g/mol. The molecule has 1 saturated carbocycles. The largest absolute Gasteiger partial charge is 0.396 e. The molecule has 112 valence electrons. The van der Waals surface area contributed by atoms with Crippen LogP contribution < -0.4 is 11.1 Å². The molecule has 0 aromatic carbocycles. The molecule has 0 bridgehead atoms. The van der Waals surface area contributed by atoms with Gasteiger partial charge < -0.3 is 21.1 Å². The van der Waals surface area contributed by atoms with Gasteiger partial charge in [0.2, 0.25) is 0 Å². The average Bonchev–Trinajstić information content (AvgIpc) is 2.86. The molecule has 2 aliphatic rings. The summed E-state index contributed by atoms with van der Waals surface area (Å²) in [6, 6.07) is 1.10. The summed E-state index contributed by atoms with van der Waals surface area (Å²) in [4.78, 5) is 2.54. The predicted octanol–water partition coefficient (Wildman–Crippen LogP) is 0.939. The zero-order valence-corrected chi connectivity index (χ0v) is 12.6. The minimum absolute atomic E-state index is 0.105. The maximum Gasteiger partial charge on any atom is 0.0474 e. The Morgan fingerprint density at radius 2 is 2.00 bits per heavy atom. The molecular weight excluding hydrogens is 238 g/mol. The molecular formula is C15H31N3O. The van der Waals surface area contributed by atoms with Gasteiger partial charge in [0.25, 0.3) is 0 Å². The van der Waals surface area contributed by atoms with Crippen molar-refractivity contribution in [3.05, 3.63) is 0 Å². The molecule has 4 heteroatoms. The third-order valence-corrected chi connectivity index (χ3v) is 5.26. The number of nitrogens with one attached hydrogen (secondary N) is 1. The van der Waals surface area contributed by atoms with Gasteiger partial charge in [-0.05, 0) is 45.4 Å². The van der Waals surface area contributed by atoms with Gasteiger partial charge in [0, 0.05) is 43.9 Å². The summed E-state index contributed by atoms with van der Waals surface area (Å²) in [6.07, 6.45) is 5.86. The van der Waals surface area contributed by atoms with E-state index in [1.54, 1.807) is 0 Å². The number of piperidine rings is 1. The smallest absolute Gasteiger partial charge is 0.0474 e. The molecule has 0 spiro atoms. The van der Waals surface area contributed by atoms with Crippen LogP contribution in [0.25, 0.3) is 0 Å². The van der Waals surface area contributed by atoms with Crippen LogP contribution in [0.2, 0.25) is 0 Å². The lowest BCUT2D eigenvalue weighted by Crippen LogP contribution is -2.61. The normalized spacial score (nSPS) is 32.1. The summed E-state index contributed by atoms with van der Waals surface area (Å²) in [5.41, 5.74) is 6.19. The Kier molecular flexibility index (Phi) is 5.23. The van der Waals surface area contributed by atoms with Gasteiger partial charge >= 0.3 is 0 Å². The zero-order chi connectivity index (χ0) is 13.9. The van der Waals surface area contributed by atoms with Crippen LogP contribution in [0.4, 0.5) is 0 Å². The maximum absolute atomic E-state index is 9.46. The molecule has 4 nitrogen and oxygen atoms in total. The fourth-order valence-electron chi connectivity index (χ4n) is 3.71. The molecule has 0 amide bonds. The van der Waals surface area contributed by atoms with E-state index in [9.17, 15) is 5.11 Å². The SMILES string of the molecule is CC(C)N1CCC(CN)(NC2CCCC2CO)CC1. The summed E-state index contributed by atoms with van der Waals surface area (Å²) in [5.74, 6) is 0.437. The Hall–Kier alpha value is -0.160. The Bertz CT molecular complexity index is 275. The molecule has 2 atom stereocenters. The average molecular weight is 269 g/mol. The molecule has 0 aromatic rings. The lowest BCUT2D eigenvalue weighted by Gasteiger charge is -2.45. The molecule has 19 heavy (non-hydrogen) atoms. The lowest BCUT2D eigenvalue weighted by atomic mass is 9.85. The topological polar surface area (TPSA) is 61.5 Å². The van der Waals surface area contributed by atoms with E-state index in [0.29, 0.717) is 31.2 Å². The minimum Gasteiger partial charge on any atom is -0.396 e. The molecule has 4 N–H and O–H groups in total. The highest BCUT2D eigenvalue weighted by Crippen LogP contribution is 2.30. The molecule has 1 saturated heterocycles. The van der Waals surface area contributed by atoms with Gasteiger partial charge in [-0.2, -0.15) is 0 Å². The van der Waals surface area contributed by atoms with Gasteiger partial charge in [0.05, 0.1) is 0 Å². The summed E-state index contributed by atoms with van der Waals surface area (Å²) < 4.78 is 0. The first-order valence-corrected chi connectivity index (χ1v) is 7.93. The number of nitrogens with two attached hydrogens (primary N) is 1. The third kappa shape index (κ3) is 3.48. The van der Waals surface area contributed by atoms with Crippen LogP contribution in [0.1, 0.15) is 46.0 Å². The molecule has 1 aliphatic heterocycles.